The number of likely N-dealkylation sites (tertiary alicyclic amines) is 1. The number of rotatable bonds is 2. The molecule has 0 radical (unpaired) electrons. The number of carbonyl (C=O) groups is 1. The highest BCUT2D eigenvalue weighted by molar-refractivity contribution is 9.10. The van der Waals surface area contributed by atoms with Crippen LogP contribution in [0.3, 0.4) is 0 Å². The van der Waals surface area contributed by atoms with E-state index in [1.54, 1.807) is 6.07 Å². The topological polar surface area (TPSA) is 20.3 Å². The Hall–Kier alpha value is -0.190. The molecule has 0 unspecified atom stereocenters. The molecular formula is C13H15BrClNOS. The molecule has 0 aromatic heterocycles. The van der Waals surface area contributed by atoms with Crippen molar-refractivity contribution in [3.63, 3.8) is 0 Å². The van der Waals surface area contributed by atoms with Gasteiger partial charge in [-0.25, -0.2) is 0 Å². The summed E-state index contributed by atoms with van der Waals surface area (Å²) in [7, 11) is 0. The second-order valence-corrected chi connectivity index (χ2v) is 6.70. The van der Waals surface area contributed by atoms with Crippen molar-refractivity contribution in [2.45, 2.75) is 18.1 Å². The maximum absolute atomic E-state index is 12.4. The van der Waals surface area contributed by atoms with Crippen LogP contribution in [0.2, 0.25) is 5.02 Å². The maximum Gasteiger partial charge on any atom is 0.255 e. The average Bonchev–Trinajstić information content (AvgIpc) is 2.41. The molecule has 2 nitrogen and oxygen atoms in total. The molecule has 0 atom stereocenters. The Morgan fingerprint density at radius 2 is 2.11 bits per heavy atom. The fourth-order valence-electron chi connectivity index (χ4n) is 2.13. The minimum atomic E-state index is 0.0425. The Bertz CT molecular complexity index is 447. The molecule has 1 aliphatic rings. The third-order valence-corrected chi connectivity index (χ3v) is 5.68. The number of hydrogen-bond donors (Lipinski definition) is 0. The number of benzene rings is 1. The van der Waals surface area contributed by atoms with E-state index in [0.717, 1.165) is 30.4 Å². The van der Waals surface area contributed by atoms with Gasteiger partial charge < -0.3 is 4.90 Å². The highest BCUT2D eigenvalue weighted by atomic mass is 79.9. The van der Waals surface area contributed by atoms with Crippen LogP contribution in [-0.4, -0.2) is 35.4 Å². The predicted molar refractivity (Wildman–Crippen MR) is 81.6 cm³/mol. The third kappa shape index (κ3) is 3.03. The summed E-state index contributed by atoms with van der Waals surface area (Å²) < 4.78 is 0.772. The van der Waals surface area contributed by atoms with E-state index in [1.165, 1.54) is 0 Å². The van der Waals surface area contributed by atoms with Crippen molar-refractivity contribution >= 4 is 45.2 Å². The van der Waals surface area contributed by atoms with Crippen LogP contribution in [-0.2, 0) is 0 Å². The zero-order valence-corrected chi connectivity index (χ0v) is 13.3. The van der Waals surface area contributed by atoms with E-state index < -0.39 is 0 Å². The van der Waals surface area contributed by atoms with Crippen LogP contribution in [0.25, 0.3) is 0 Å². The van der Waals surface area contributed by atoms with Crippen LogP contribution < -0.4 is 0 Å². The quantitative estimate of drug-likeness (QED) is 0.803. The summed E-state index contributed by atoms with van der Waals surface area (Å²) in [6.45, 7) is 1.65. The molecule has 1 aromatic carbocycles. The summed E-state index contributed by atoms with van der Waals surface area (Å²) in [5.41, 5.74) is 0.591. The Balaban J connectivity index is 2.10. The largest absolute Gasteiger partial charge is 0.339 e. The normalized spacial score (nSPS) is 16.9. The molecule has 0 N–H and O–H groups in total. The van der Waals surface area contributed by atoms with Crippen molar-refractivity contribution in [3.05, 3.63) is 33.3 Å². The van der Waals surface area contributed by atoms with E-state index in [4.69, 9.17) is 11.6 Å². The van der Waals surface area contributed by atoms with Crippen molar-refractivity contribution in [2.75, 3.05) is 19.3 Å². The number of halogens is 2. The standard InChI is InChI=1S/C13H15BrClNOS/c1-18-9-5-7-16(8-6-9)13(17)10-3-2-4-11(14)12(10)15/h2-4,9H,5-8H2,1H3. The Morgan fingerprint density at radius 3 is 2.72 bits per heavy atom. The third-order valence-electron chi connectivity index (χ3n) is 3.24. The minimum absolute atomic E-state index is 0.0425. The number of piperidine rings is 1. The Morgan fingerprint density at radius 1 is 1.44 bits per heavy atom. The summed E-state index contributed by atoms with van der Waals surface area (Å²) >= 11 is 11.4. The highest BCUT2D eigenvalue weighted by Crippen LogP contribution is 2.28. The smallest absolute Gasteiger partial charge is 0.255 e. The van der Waals surface area contributed by atoms with Crippen molar-refractivity contribution < 1.29 is 4.79 Å². The maximum atomic E-state index is 12.4. The first kappa shape index (κ1) is 14.2. The second-order valence-electron chi connectivity index (χ2n) is 4.33. The summed E-state index contributed by atoms with van der Waals surface area (Å²) in [6, 6.07) is 5.48. The lowest BCUT2D eigenvalue weighted by Gasteiger charge is -2.31. The van der Waals surface area contributed by atoms with Gasteiger partial charge in [0.05, 0.1) is 10.6 Å². The fourth-order valence-corrected chi connectivity index (χ4v) is 3.39. The molecule has 18 heavy (non-hydrogen) atoms. The summed E-state index contributed by atoms with van der Waals surface area (Å²) in [5.74, 6) is 0.0425. The molecule has 1 aromatic rings. The molecule has 0 bridgehead atoms. The summed E-state index contributed by atoms with van der Waals surface area (Å²) in [5, 5.41) is 1.20. The number of thioether (sulfide) groups is 1. The average molecular weight is 349 g/mol. The van der Waals surface area contributed by atoms with Crippen molar-refractivity contribution in [1.29, 1.82) is 0 Å². The van der Waals surface area contributed by atoms with Gasteiger partial charge in [0.25, 0.3) is 5.91 Å². The molecule has 0 spiro atoms. The number of nitrogens with zero attached hydrogens (tertiary/aromatic N) is 1. The predicted octanol–water partition coefficient (Wildman–Crippen LogP) is 4.07. The van der Waals surface area contributed by atoms with Crippen LogP contribution in [0.1, 0.15) is 23.2 Å². The van der Waals surface area contributed by atoms with Gasteiger partial charge in [-0.2, -0.15) is 11.8 Å². The lowest BCUT2D eigenvalue weighted by Crippen LogP contribution is -2.39. The first-order chi connectivity index (χ1) is 8.63. The monoisotopic (exact) mass is 347 g/mol. The van der Waals surface area contributed by atoms with E-state index in [-0.39, 0.29) is 5.91 Å². The van der Waals surface area contributed by atoms with E-state index in [2.05, 4.69) is 22.2 Å². The van der Waals surface area contributed by atoms with Gasteiger partial charge in [0.2, 0.25) is 0 Å². The minimum Gasteiger partial charge on any atom is -0.339 e. The summed E-state index contributed by atoms with van der Waals surface area (Å²) in [6.07, 6.45) is 4.27. The Kier molecular flexibility index (Phi) is 4.98. The van der Waals surface area contributed by atoms with Gasteiger partial charge in [0.15, 0.2) is 0 Å². The van der Waals surface area contributed by atoms with Crippen LogP contribution in [0.5, 0.6) is 0 Å². The van der Waals surface area contributed by atoms with Gasteiger partial charge in [-0.05, 0) is 47.2 Å². The molecule has 1 fully saturated rings. The zero-order valence-electron chi connectivity index (χ0n) is 10.2. The fraction of sp³-hybridized carbons (Fsp3) is 0.462. The molecule has 5 heteroatoms. The zero-order chi connectivity index (χ0) is 13.1. The highest BCUT2D eigenvalue weighted by Gasteiger charge is 2.24. The number of amides is 1. The Labute approximate surface area is 125 Å². The lowest BCUT2D eigenvalue weighted by molar-refractivity contribution is 0.0727. The van der Waals surface area contributed by atoms with Crippen molar-refractivity contribution in [3.8, 4) is 0 Å². The van der Waals surface area contributed by atoms with E-state index in [9.17, 15) is 4.79 Å². The SMILES string of the molecule is CSC1CCN(C(=O)c2cccc(Br)c2Cl)CC1. The van der Waals surface area contributed by atoms with Gasteiger partial charge in [-0.15, -0.1) is 0 Å². The van der Waals surface area contributed by atoms with Crippen LogP contribution in [0, 0.1) is 0 Å². The molecule has 0 saturated carbocycles. The van der Waals surface area contributed by atoms with Gasteiger partial charge >= 0.3 is 0 Å². The first-order valence-electron chi connectivity index (χ1n) is 5.89. The van der Waals surface area contributed by atoms with Crippen LogP contribution in [0.15, 0.2) is 22.7 Å². The van der Waals surface area contributed by atoms with Gasteiger partial charge in [-0.3, -0.25) is 4.79 Å². The molecule has 0 aliphatic carbocycles. The molecule has 2 rings (SSSR count). The van der Waals surface area contributed by atoms with E-state index in [1.807, 2.05) is 28.8 Å². The van der Waals surface area contributed by atoms with Crippen molar-refractivity contribution in [1.82, 2.24) is 4.90 Å². The second kappa shape index (κ2) is 6.31. The molecular weight excluding hydrogens is 334 g/mol. The van der Waals surface area contributed by atoms with E-state index >= 15 is 0 Å². The van der Waals surface area contributed by atoms with Crippen molar-refractivity contribution in [2.24, 2.45) is 0 Å². The first-order valence-corrected chi connectivity index (χ1v) is 8.35. The lowest BCUT2D eigenvalue weighted by atomic mass is 10.1. The van der Waals surface area contributed by atoms with Crippen LogP contribution in [0.4, 0.5) is 0 Å². The molecule has 98 valence electrons. The van der Waals surface area contributed by atoms with Gasteiger partial charge in [-0.1, -0.05) is 17.7 Å². The molecule has 1 aliphatic heterocycles. The van der Waals surface area contributed by atoms with Gasteiger partial charge in [0.1, 0.15) is 0 Å². The summed E-state index contributed by atoms with van der Waals surface area (Å²) in [4.78, 5) is 14.3. The number of carbonyl (C=O) groups excluding carboxylic acids is 1. The molecule has 1 heterocycles. The number of hydrogen-bond acceptors (Lipinski definition) is 2. The van der Waals surface area contributed by atoms with Crippen LogP contribution >= 0.6 is 39.3 Å². The van der Waals surface area contributed by atoms with Gasteiger partial charge in [0, 0.05) is 22.8 Å². The van der Waals surface area contributed by atoms with E-state index in [0.29, 0.717) is 15.8 Å². The molecule has 1 saturated heterocycles. The molecule has 1 amide bonds.